The molecule has 2 rings (SSSR count). The average Bonchev–Trinajstić information content (AvgIpc) is 2.37. The molecule has 1 aliphatic rings. The lowest BCUT2D eigenvalue weighted by atomic mass is 10.0. The maximum Gasteiger partial charge on any atom is 0.0446 e. The molecule has 0 saturated carbocycles. The molecule has 1 aromatic carbocycles. The number of piperazine rings is 1. The van der Waals surface area contributed by atoms with Crippen LogP contribution in [-0.2, 0) is 6.54 Å². The first-order valence-electron chi connectivity index (χ1n) is 6.79. The zero-order chi connectivity index (χ0) is 13.0. The summed E-state index contributed by atoms with van der Waals surface area (Å²) in [5.74, 6) is 0. The van der Waals surface area contributed by atoms with Crippen LogP contribution in [0.2, 0.25) is 0 Å². The predicted octanol–water partition coefficient (Wildman–Crippen LogP) is 1.57. The van der Waals surface area contributed by atoms with Gasteiger partial charge < -0.3 is 10.0 Å². The molecule has 0 spiro atoms. The Morgan fingerprint density at radius 1 is 1.22 bits per heavy atom. The molecular formula is C15H24N2O. The van der Waals surface area contributed by atoms with Crippen LogP contribution in [0.25, 0.3) is 0 Å². The van der Waals surface area contributed by atoms with Gasteiger partial charge in [-0.25, -0.2) is 0 Å². The van der Waals surface area contributed by atoms with Crippen molar-refractivity contribution in [2.45, 2.75) is 32.0 Å². The molecule has 1 saturated heterocycles. The van der Waals surface area contributed by atoms with Gasteiger partial charge in [-0.1, -0.05) is 30.3 Å². The van der Waals surface area contributed by atoms with E-state index in [2.05, 4.69) is 54.1 Å². The van der Waals surface area contributed by atoms with E-state index in [1.54, 1.807) is 0 Å². The highest BCUT2D eigenvalue weighted by atomic mass is 16.3. The van der Waals surface area contributed by atoms with Gasteiger partial charge in [0.05, 0.1) is 0 Å². The quantitative estimate of drug-likeness (QED) is 0.876. The second-order valence-corrected chi connectivity index (χ2v) is 5.37. The van der Waals surface area contributed by atoms with E-state index in [0.717, 1.165) is 26.1 Å². The molecule has 0 bridgehead atoms. The smallest absolute Gasteiger partial charge is 0.0446 e. The fourth-order valence-corrected chi connectivity index (χ4v) is 2.77. The third-order valence-electron chi connectivity index (χ3n) is 3.93. The molecule has 1 aliphatic heterocycles. The van der Waals surface area contributed by atoms with Crippen molar-refractivity contribution in [2.75, 3.05) is 26.7 Å². The normalized spacial score (nSPS) is 26.4. The number of benzene rings is 1. The molecule has 3 heteroatoms. The average molecular weight is 248 g/mol. The van der Waals surface area contributed by atoms with Gasteiger partial charge in [0, 0.05) is 38.3 Å². The van der Waals surface area contributed by atoms with E-state index in [9.17, 15) is 0 Å². The van der Waals surface area contributed by atoms with Crippen LogP contribution >= 0.6 is 0 Å². The molecule has 0 aromatic heterocycles. The maximum atomic E-state index is 9.13. The Bertz CT molecular complexity index is 355. The number of aliphatic hydroxyl groups excluding tert-OH is 1. The number of hydrogen-bond donors (Lipinski definition) is 1. The minimum absolute atomic E-state index is 0.280. The Labute approximate surface area is 110 Å². The lowest BCUT2D eigenvalue weighted by molar-refractivity contribution is 0.0359. The van der Waals surface area contributed by atoms with Crippen molar-refractivity contribution in [2.24, 2.45) is 0 Å². The summed E-state index contributed by atoms with van der Waals surface area (Å²) in [6.07, 6.45) is 0.870. The zero-order valence-corrected chi connectivity index (χ0v) is 11.4. The Balaban J connectivity index is 1.99. The van der Waals surface area contributed by atoms with E-state index in [-0.39, 0.29) is 6.61 Å². The first-order chi connectivity index (χ1) is 8.70. The lowest BCUT2D eigenvalue weighted by Crippen LogP contribution is -2.55. The van der Waals surface area contributed by atoms with Gasteiger partial charge in [-0.15, -0.1) is 0 Å². The van der Waals surface area contributed by atoms with Gasteiger partial charge in [-0.05, 0) is 26.0 Å². The molecule has 1 fully saturated rings. The van der Waals surface area contributed by atoms with Crippen molar-refractivity contribution >= 4 is 0 Å². The highest BCUT2D eigenvalue weighted by molar-refractivity contribution is 5.14. The maximum absolute atomic E-state index is 9.13. The van der Waals surface area contributed by atoms with Crippen molar-refractivity contribution in [1.29, 1.82) is 0 Å². The molecule has 100 valence electrons. The van der Waals surface area contributed by atoms with Gasteiger partial charge >= 0.3 is 0 Å². The van der Waals surface area contributed by atoms with Gasteiger partial charge in [0.15, 0.2) is 0 Å². The number of rotatable bonds is 4. The summed E-state index contributed by atoms with van der Waals surface area (Å²) in [6.45, 7) is 5.71. The predicted molar refractivity (Wildman–Crippen MR) is 74.4 cm³/mol. The zero-order valence-electron chi connectivity index (χ0n) is 11.4. The van der Waals surface area contributed by atoms with Crippen LogP contribution in [0.4, 0.5) is 0 Å². The third kappa shape index (κ3) is 3.31. The highest BCUT2D eigenvalue weighted by Crippen LogP contribution is 2.18. The van der Waals surface area contributed by atoms with Crippen molar-refractivity contribution in [3.63, 3.8) is 0 Å². The highest BCUT2D eigenvalue weighted by Gasteiger charge is 2.28. The van der Waals surface area contributed by atoms with Gasteiger partial charge in [-0.2, -0.15) is 0 Å². The molecule has 1 heterocycles. The van der Waals surface area contributed by atoms with E-state index in [4.69, 9.17) is 5.11 Å². The second-order valence-electron chi connectivity index (χ2n) is 5.37. The minimum Gasteiger partial charge on any atom is -0.396 e. The number of hydrogen-bond acceptors (Lipinski definition) is 3. The van der Waals surface area contributed by atoms with Gasteiger partial charge in [0.1, 0.15) is 0 Å². The van der Waals surface area contributed by atoms with Crippen LogP contribution in [0.5, 0.6) is 0 Å². The van der Waals surface area contributed by atoms with Crippen LogP contribution in [0.3, 0.4) is 0 Å². The standard InChI is InChI=1S/C15H24N2O/c1-13-10-16(2)15(8-9-18)12-17(13)11-14-6-4-3-5-7-14/h3-7,13,15,18H,8-12H2,1-2H3. The van der Waals surface area contributed by atoms with E-state index < -0.39 is 0 Å². The van der Waals surface area contributed by atoms with Crippen molar-refractivity contribution in [3.8, 4) is 0 Å². The fourth-order valence-electron chi connectivity index (χ4n) is 2.77. The minimum atomic E-state index is 0.280. The first kappa shape index (κ1) is 13.5. The first-order valence-corrected chi connectivity index (χ1v) is 6.79. The Kier molecular flexibility index (Phi) is 4.75. The summed E-state index contributed by atoms with van der Waals surface area (Å²) in [5, 5.41) is 9.13. The van der Waals surface area contributed by atoms with Crippen molar-refractivity contribution in [3.05, 3.63) is 35.9 Å². The molecular weight excluding hydrogens is 224 g/mol. The molecule has 0 amide bonds. The Morgan fingerprint density at radius 3 is 2.61 bits per heavy atom. The second kappa shape index (κ2) is 6.32. The summed E-state index contributed by atoms with van der Waals surface area (Å²) in [7, 11) is 2.16. The largest absolute Gasteiger partial charge is 0.396 e. The van der Waals surface area contributed by atoms with Crippen molar-refractivity contribution < 1.29 is 5.11 Å². The van der Waals surface area contributed by atoms with Gasteiger partial charge in [-0.3, -0.25) is 4.90 Å². The molecule has 2 atom stereocenters. The third-order valence-corrected chi connectivity index (χ3v) is 3.93. The van der Waals surface area contributed by atoms with E-state index in [1.165, 1.54) is 5.56 Å². The molecule has 1 N–H and O–H groups in total. The SMILES string of the molecule is CC1CN(C)C(CCO)CN1Cc1ccccc1. The summed E-state index contributed by atoms with van der Waals surface area (Å²) in [6, 6.07) is 11.7. The molecule has 0 aliphatic carbocycles. The monoisotopic (exact) mass is 248 g/mol. The Morgan fingerprint density at radius 2 is 1.94 bits per heavy atom. The van der Waals surface area contributed by atoms with Crippen LogP contribution in [-0.4, -0.2) is 53.7 Å². The molecule has 3 nitrogen and oxygen atoms in total. The van der Waals surface area contributed by atoms with Crippen LogP contribution in [0.1, 0.15) is 18.9 Å². The van der Waals surface area contributed by atoms with Gasteiger partial charge in [0.25, 0.3) is 0 Å². The molecule has 0 radical (unpaired) electrons. The topological polar surface area (TPSA) is 26.7 Å². The van der Waals surface area contributed by atoms with E-state index >= 15 is 0 Å². The summed E-state index contributed by atoms with van der Waals surface area (Å²) in [5.41, 5.74) is 1.37. The lowest BCUT2D eigenvalue weighted by Gasteiger charge is -2.43. The number of likely N-dealkylation sites (N-methyl/N-ethyl adjacent to an activating group) is 1. The van der Waals surface area contributed by atoms with Crippen molar-refractivity contribution in [1.82, 2.24) is 9.80 Å². The fraction of sp³-hybridized carbons (Fsp3) is 0.600. The van der Waals surface area contributed by atoms with E-state index in [1.807, 2.05) is 0 Å². The molecule has 18 heavy (non-hydrogen) atoms. The van der Waals surface area contributed by atoms with E-state index in [0.29, 0.717) is 12.1 Å². The number of aliphatic hydroxyl groups is 1. The van der Waals surface area contributed by atoms with Crippen LogP contribution < -0.4 is 0 Å². The van der Waals surface area contributed by atoms with Gasteiger partial charge in [0.2, 0.25) is 0 Å². The molecule has 2 unspecified atom stereocenters. The van der Waals surface area contributed by atoms with Crippen LogP contribution in [0, 0.1) is 0 Å². The van der Waals surface area contributed by atoms with Crippen LogP contribution in [0.15, 0.2) is 30.3 Å². The number of nitrogens with zero attached hydrogens (tertiary/aromatic N) is 2. The summed E-state index contributed by atoms with van der Waals surface area (Å²) < 4.78 is 0. The Hall–Kier alpha value is -0.900. The summed E-state index contributed by atoms with van der Waals surface area (Å²) in [4.78, 5) is 4.90. The molecule has 1 aromatic rings. The summed E-state index contributed by atoms with van der Waals surface area (Å²) >= 11 is 0.